The molecule has 0 saturated carbocycles. The summed E-state index contributed by atoms with van der Waals surface area (Å²) in [6.07, 6.45) is 3.13. The molecule has 1 nitrogen and oxygen atoms in total. The maximum Gasteiger partial charge on any atom is 0.122 e. The van der Waals surface area contributed by atoms with Crippen molar-refractivity contribution < 1.29 is 0 Å². The molecule has 92 valence electrons. The summed E-state index contributed by atoms with van der Waals surface area (Å²) < 4.78 is 2.51. The maximum absolute atomic E-state index is 4.59. The van der Waals surface area contributed by atoms with Crippen molar-refractivity contribution in [1.29, 1.82) is 0 Å². The molecule has 0 radical (unpaired) electrons. The zero-order valence-corrected chi connectivity index (χ0v) is 14.2. The van der Waals surface area contributed by atoms with E-state index in [0.29, 0.717) is 0 Å². The van der Waals surface area contributed by atoms with E-state index in [1.165, 1.54) is 9.77 Å². The molecule has 0 bridgehead atoms. The van der Waals surface area contributed by atoms with Gasteiger partial charge in [0.25, 0.3) is 0 Å². The van der Waals surface area contributed by atoms with Gasteiger partial charge in [0.15, 0.2) is 0 Å². The number of hydrogen-bond acceptors (Lipinski definition) is 4. The molecule has 17 heavy (non-hydrogen) atoms. The standard InChI is InChI=1S/C12H13NS3.HI/c1-14-12-9-11(15-16-12)13-8-7-10-5-3-2-4-6-10;/h2-6,9H,7-8H2,1H3;1H. The molecule has 0 saturated heterocycles. The molecule has 5 heteroatoms. The molecular formula is C12H14INS3. The minimum atomic E-state index is 0. The third kappa shape index (κ3) is 5.11. The van der Waals surface area contributed by atoms with Crippen molar-refractivity contribution >= 4 is 56.4 Å². The Morgan fingerprint density at radius 2 is 1.94 bits per heavy atom. The van der Waals surface area contributed by atoms with Gasteiger partial charge in [0.05, 0.1) is 4.21 Å². The summed E-state index contributed by atoms with van der Waals surface area (Å²) in [7, 11) is 3.57. The lowest BCUT2D eigenvalue weighted by Crippen LogP contribution is -1.96. The van der Waals surface area contributed by atoms with Crippen LogP contribution >= 0.6 is 56.4 Å². The normalized spacial score (nSPS) is 11.2. The van der Waals surface area contributed by atoms with Crippen LogP contribution in [0, 0.1) is 0 Å². The van der Waals surface area contributed by atoms with Crippen molar-refractivity contribution in [2.24, 2.45) is 4.99 Å². The fraction of sp³-hybridized carbons (Fsp3) is 0.250. The van der Waals surface area contributed by atoms with Gasteiger partial charge in [0, 0.05) is 6.54 Å². The van der Waals surface area contributed by atoms with Gasteiger partial charge in [-0.15, -0.1) is 35.7 Å². The van der Waals surface area contributed by atoms with Crippen molar-refractivity contribution in [3.05, 3.63) is 46.6 Å². The van der Waals surface area contributed by atoms with Crippen LogP contribution in [0.15, 0.2) is 45.6 Å². The molecule has 0 aliphatic heterocycles. The van der Waals surface area contributed by atoms with Crippen LogP contribution in [0.4, 0.5) is 0 Å². The van der Waals surface area contributed by atoms with Crippen LogP contribution in [0.2, 0.25) is 0 Å². The first-order valence-corrected chi connectivity index (χ1v) is 8.44. The molecule has 2 aromatic rings. The zero-order valence-electron chi connectivity index (χ0n) is 9.46. The number of nitrogens with zero attached hydrogens (tertiary/aromatic N) is 1. The summed E-state index contributed by atoms with van der Waals surface area (Å²) in [6, 6.07) is 12.7. The fourth-order valence-corrected chi connectivity index (χ4v) is 4.49. The van der Waals surface area contributed by atoms with Gasteiger partial charge in [-0.3, -0.25) is 4.99 Å². The number of thioether (sulfide) groups is 1. The van der Waals surface area contributed by atoms with E-state index in [1.807, 2.05) is 6.07 Å². The molecule has 0 aliphatic carbocycles. The predicted molar refractivity (Wildman–Crippen MR) is 90.0 cm³/mol. The van der Waals surface area contributed by atoms with Crippen molar-refractivity contribution in [3.63, 3.8) is 0 Å². The van der Waals surface area contributed by atoms with Crippen molar-refractivity contribution in [3.8, 4) is 0 Å². The number of benzene rings is 1. The summed E-state index contributed by atoms with van der Waals surface area (Å²) in [4.78, 5) is 4.59. The van der Waals surface area contributed by atoms with Crippen LogP contribution in [0.25, 0.3) is 0 Å². The minimum absolute atomic E-state index is 0. The monoisotopic (exact) mass is 395 g/mol. The van der Waals surface area contributed by atoms with E-state index in [9.17, 15) is 0 Å². The molecule has 0 aliphatic rings. The Kier molecular flexibility index (Phi) is 7.41. The Morgan fingerprint density at radius 1 is 1.18 bits per heavy atom. The van der Waals surface area contributed by atoms with Gasteiger partial charge in [0.1, 0.15) is 4.67 Å². The molecule has 1 heterocycles. The van der Waals surface area contributed by atoms with E-state index >= 15 is 0 Å². The Balaban J connectivity index is 0.00000144. The van der Waals surface area contributed by atoms with E-state index in [1.54, 1.807) is 32.4 Å². The molecular weight excluding hydrogens is 381 g/mol. The molecule has 0 N–H and O–H groups in total. The van der Waals surface area contributed by atoms with Crippen LogP contribution in [-0.2, 0) is 6.42 Å². The van der Waals surface area contributed by atoms with Crippen LogP contribution in [-0.4, -0.2) is 12.8 Å². The highest BCUT2D eigenvalue weighted by Crippen LogP contribution is 2.20. The lowest BCUT2D eigenvalue weighted by Gasteiger charge is -1.95. The Morgan fingerprint density at radius 3 is 2.59 bits per heavy atom. The first-order valence-electron chi connectivity index (χ1n) is 5.07. The van der Waals surface area contributed by atoms with Crippen molar-refractivity contribution in [2.75, 3.05) is 12.8 Å². The average Bonchev–Trinajstić information content (AvgIpc) is 2.78. The van der Waals surface area contributed by atoms with Gasteiger partial charge in [0.2, 0.25) is 0 Å². The molecule has 0 amide bonds. The second-order valence-electron chi connectivity index (χ2n) is 3.29. The van der Waals surface area contributed by atoms with Crippen molar-refractivity contribution in [2.45, 2.75) is 10.6 Å². The predicted octanol–water partition coefficient (Wildman–Crippen LogP) is 4.29. The Bertz CT molecular complexity index is 490. The highest BCUT2D eigenvalue weighted by Gasteiger charge is 1.94. The first-order chi connectivity index (χ1) is 7.88. The number of hydrogen-bond donors (Lipinski definition) is 0. The van der Waals surface area contributed by atoms with Gasteiger partial charge in [-0.1, -0.05) is 51.0 Å². The van der Waals surface area contributed by atoms with Crippen LogP contribution in [0.3, 0.4) is 0 Å². The summed E-state index contributed by atoms with van der Waals surface area (Å²) in [5.41, 5.74) is 1.36. The minimum Gasteiger partial charge on any atom is -0.273 e. The summed E-state index contributed by atoms with van der Waals surface area (Å²) >= 11 is 1.79. The molecule has 1 aromatic carbocycles. The van der Waals surface area contributed by atoms with Gasteiger partial charge >= 0.3 is 0 Å². The molecule has 0 spiro atoms. The highest BCUT2D eigenvalue weighted by atomic mass is 127. The maximum atomic E-state index is 4.59. The van der Waals surface area contributed by atoms with Crippen molar-refractivity contribution in [1.82, 2.24) is 0 Å². The fourth-order valence-electron chi connectivity index (χ4n) is 1.34. The summed E-state index contributed by atoms with van der Waals surface area (Å²) in [5.74, 6) is 0. The molecule has 0 atom stereocenters. The third-order valence-corrected chi connectivity index (χ3v) is 5.83. The summed E-state index contributed by atoms with van der Waals surface area (Å²) in [6.45, 7) is 0.880. The quantitative estimate of drug-likeness (QED) is 0.427. The largest absolute Gasteiger partial charge is 0.273 e. The number of halogens is 1. The lowest BCUT2D eigenvalue weighted by molar-refractivity contribution is 0.943. The second kappa shape index (κ2) is 8.29. The Labute approximate surface area is 130 Å². The lowest BCUT2D eigenvalue weighted by atomic mass is 10.2. The number of rotatable bonds is 4. The SMILES string of the molecule is CSc1cc(=NCCc2ccccc2)ss1.I. The van der Waals surface area contributed by atoms with E-state index in [2.05, 4.69) is 41.6 Å². The highest BCUT2D eigenvalue weighted by molar-refractivity contribution is 14.0. The van der Waals surface area contributed by atoms with Crippen LogP contribution in [0.5, 0.6) is 0 Å². The first kappa shape index (κ1) is 15.2. The second-order valence-corrected chi connectivity index (χ2v) is 6.59. The third-order valence-electron chi connectivity index (χ3n) is 2.16. The average molecular weight is 395 g/mol. The molecule has 2 rings (SSSR count). The van der Waals surface area contributed by atoms with Gasteiger partial charge in [-0.2, -0.15) is 0 Å². The van der Waals surface area contributed by atoms with Gasteiger partial charge in [-0.25, -0.2) is 0 Å². The molecule has 0 unspecified atom stereocenters. The van der Waals surface area contributed by atoms with Crippen LogP contribution < -0.4 is 4.67 Å². The van der Waals surface area contributed by atoms with Gasteiger partial charge in [-0.05, 0) is 24.3 Å². The summed E-state index contributed by atoms with van der Waals surface area (Å²) in [5, 5.41) is 0. The van der Waals surface area contributed by atoms with Crippen LogP contribution in [0.1, 0.15) is 5.56 Å². The topological polar surface area (TPSA) is 12.4 Å². The van der Waals surface area contributed by atoms with E-state index in [0.717, 1.165) is 17.6 Å². The smallest absolute Gasteiger partial charge is 0.122 e. The molecule has 0 fully saturated rings. The van der Waals surface area contributed by atoms with E-state index < -0.39 is 0 Å². The van der Waals surface area contributed by atoms with Gasteiger partial charge < -0.3 is 0 Å². The van der Waals surface area contributed by atoms with E-state index in [-0.39, 0.29) is 24.0 Å². The Hall–Kier alpha value is 0.150. The zero-order chi connectivity index (χ0) is 11.2. The molecule has 1 aromatic heterocycles. The van der Waals surface area contributed by atoms with E-state index in [4.69, 9.17) is 0 Å².